The Labute approximate surface area is 68.2 Å². The zero-order chi connectivity index (χ0) is 7.68. The van der Waals surface area contributed by atoms with Gasteiger partial charge in [0.05, 0.1) is 5.39 Å². The van der Waals surface area contributed by atoms with Crippen LogP contribution in [0.15, 0.2) is 18.3 Å². The molecule has 2 rings (SSSR count). The molecule has 0 aliphatic rings. The third-order valence-corrected chi connectivity index (χ3v) is 2.26. The lowest BCUT2D eigenvalue weighted by Crippen LogP contribution is -1.86. The summed E-state index contributed by atoms with van der Waals surface area (Å²) in [6.07, 6.45) is 1.78. The summed E-state index contributed by atoms with van der Waals surface area (Å²) in [6, 6.07) is 3.93. The van der Waals surface area contributed by atoms with Crippen molar-refractivity contribution in [2.45, 2.75) is 0 Å². The lowest BCUT2D eigenvalue weighted by atomic mass is 10.3. The predicted octanol–water partition coefficient (Wildman–Crippen LogP) is 1.73. The maximum atomic E-state index is 4.18. The first-order valence-corrected chi connectivity index (χ1v) is 4.07. The molecule has 0 atom stereocenters. The Morgan fingerprint density at radius 1 is 1.55 bits per heavy atom. The lowest BCUT2D eigenvalue weighted by Gasteiger charge is -1.91. The fraction of sp³-hybridized carbons (Fsp3) is 0.143. The van der Waals surface area contributed by atoms with Crippen LogP contribution in [-0.4, -0.2) is 16.4 Å². The minimum absolute atomic E-state index is 0.915. The number of nitrogens with one attached hydrogen (secondary N) is 1. The van der Waals surface area contributed by atoms with Gasteiger partial charge in [-0.1, -0.05) is 0 Å². The minimum Gasteiger partial charge on any atom is -0.372 e. The Morgan fingerprint density at radius 3 is 3.27 bits per heavy atom. The largest absolute Gasteiger partial charge is 0.372 e. The van der Waals surface area contributed by atoms with Crippen molar-refractivity contribution in [3.05, 3.63) is 18.3 Å². The molecule has 11 heavy (non-hydrogen) atoms. The van der Waals surface area contributed by atoms with E-state index >= 15 is 0 Å². The molecule has 0 amide bonds. The Morgan fingerprint density at radius 2 is 2.45 bits per heavy atom. The number of anilines is 1. The van der Waals surface area contributed by atoms with E-state index in [2.05, 4.69) is 14.7 Å². The molecule has 0 fully saturated rings. The van der Waals surface area contributed by atoms with Crippen molar-refractivity contribution in [2.75, 3.05) is 12.4 Å². The standard InChI is InChI=1S/C7H7N3S/c1-8-6-5-3-2-4-9-7(5)11-10-6/h2-4H,1H3,(H,8,10). The highest BCUT2D eigenvalue weighted by atomic mass is 32.1. The SMILES string of the molecule is CNc1nsc2ncccc12. The smallest absolute Gasteiger partial charge is 0.148 e. The molecule has 0 saturated carbocycles. The summed E-state index contributed by atoms with van der Waals surface area (Å²) in [4.78, 5) is 5.15. The van der Waals surface area contributed by atoms with E-state index in [1.54, 1.807) is 6.20 Å². The van der Waals surface area contributed by atoms with Crippen molar-refractivity contribution < 1.29 is 0 Å². The van der Waals surface area contributed by atoms with Gasteiger partial charge in [-0.25, -0.2) is 4.98 Å². The van der Waals surface area contributed by atoms with Gasteiger partial charge in [0.25, 0.3) is 0 Å². The van der Waals surface area contributed by atoms with Gasteiger partial charge in [-0.3, -0.25) is 0 Å². The Bertz CT molecular complexity index is 368. The van der Waals surface area contributed by atoms with Crippen LogP contribution in [-0.2, 0) is 0 Å². The van der Waals surface area contributed by atoms with Crippen molar-refractivity contribution in [2.24, 2.45) is 0 Å². The number of nitrogens with zero attached hydrogens (tertiary/aromatic N) is 2. The first-order valence-electron chi connectivity index (χ1n) is 3.30. The molecule has 0 spiro atoms. The van der Waals surface area contributed by atoms with Gasteiger partial charge < -0.3 is 5.32 Å². The molecular weight excluding hydrogens is 158 g/mol. The molecule has 2 heterocycles. The fourth-order valence-corrected chi connectivity index (χ4v) is 1.70. The van der Waals surface area contributed by atoms with Crippen molar-refractivity contribution in [3.63, 3.8) is 0 Å². The van der Waals surface area contributed by atoms with Gasteiger partial charge in [0.1, 0.15) is 10.6 Å². The Hall–Kier alpha value is -1.16. The van der Waals surface area contributed by atoms with Crippen LogP contribution in [0.1, 0.15) is 0 Å². The van der Waals surface area contributed by atoms with Crippen LogP contribution in [0, 0.1) is 0 Å². The molecule has 0 unspecified atom stereocenters. The van der Waals surface area contributed by atoms with Crippen LogP contribution in [0.3, 0.4) is 0 Å². The van der Waals surface area contributed by atoms with Crippen molar-refractivity contribution in [1.29, 1.82) is 0 Å². The maximum Gasteiger partial charge on any atom is 0.148 e. The number of fused-ring (bicyclic) bond motifs is 1. The van der Waals surface area contributed by atoms with Crippen molar-refractivity contribution >= 4 is 27.6 Å². The first-order chi connectivity index (χ1) is 5.42. The summed E-state index contributed by atoms with van der Waals surface area (Å²) < 4.78 is 4.18. The molecule has 0 aliphatic carbocycles. The van der Waals surface area contributed by atoms with E-state index < -0.39 is 0 Å². The van der Waals surface area contributed by atoms with Gasteiger partial charge in [-0.15, -0.1) is 0 Å². The third-order valence-electron chi connectivity index (χ3n) is 1.49. The maximum absolute atomic E-state index is 4.18. The zero-order valence-electron chi connectivity index (χ0n) is 6.03. The summed E-state index contributed by atoms with van der Waals surface area (Å²) in [7, 11) is 1.86. The number of rotatable bonds is 1. The summed E-state index contributed by atoms with van der Waals surface area (Å²) in [5.41, 5.74) is 0. The van der Waals surface area contributed by atoms with Crippen LogP contribution in [0.5, 0.6) is 0 Å². The zero-order valence-corrected chi connectivity index (χ0v) is 6.85. The van der Waals surface area contributed by atoms with E-state index in [1.807, 2.05) is 19.2 Å². The van der Waals surface area contributed by atoms with Crippen LogP contribution in [0.25, 0.3) is 10.2 Å². The van der Waals surface area contributed by atoms with Crippen LogP contribution >= 0.6 is 11.5 Å². The Kier molecular flexibility index (Phi) is 1.47. The number of hydrogen-bond donors (Lipinski definition) is 1. The van der Waals surface area contributed by atoms with E-state index in [1.165, 1.54) is 11.5 Å². The molecule has 4 heteroatoms. The number of hydrogen-bond acceptors (Lipinski definition) is 4. The Balaban J connectivity index is 2.76. The number of aromatic nitrogens is 2. The van der Waals surface area contributed by atoms with Crippen molar-refractivity contribution in [1.82, 2.24) is 9.36 Å². The average molecular weight is 165 g/mol. The lowest BCUT2D eigenvalue weighted by molar-refractivity contribution is 1.43. The highest BCUT2D eigenvalue weighted by Crippen LogP contribution is 2.23. The van der Waals surface area contributed by atoms with E-state index in [9.17, 15) is 0 Å². The molecule has 2 aromatic rings. The molecule has 1 N–H and O–H groups in total. The van der Waals surface area contributed by atoms with Gasteiger partial charge in [0, 0.05) is 13.2 Å². The molecular formula is C7H7N3S. The first kappa shape index (κ1) is 6.54. The highest BCUT2D eigenvalue weighted by molar-refractivity contribution is 7.13. The van der Waals surface area contributed by atoms with Crippen LogP contribution in [0.4, 0.5) is 5.82 Å². The van der Waals surface area contributed by atoms with E-state index in [0.29, 0.717) is 0 Å². The molecule has 0 bridgehead atoms. The van der Waals surface area contributed by atoms with Crippen LogP contribution in [0.2, 0.25) is 0 Å². The second-order valence-electron chi connectivity index (χ2n) is 2.14. The topological polar surface area (TPSA) is 37.8 Å². The van der Waals surface area contributed by atoms with Crippen molar-refractivity contribution in [3.8, 4) is 0 Å². The second kappa shape index (κ2) is 2.47. The van der Waals surface area contributed by atoms with Gasteiger partial charge in [0.15, 0.2) is 0 Å². The molecule has 2 aromatic heterocycles. The summed E-state index contributed by atoms with van der Waals surface area (Å²) in [6.45, 7) is 0. The monoisotopic (exact) mass is 165 g/mol. The molecule has 0 radical (unpaired) electrons. The van der Waals surface area contributed by atoms with Crippen LogP contribution < -0.4 is 5.32 Å². The summed E-state index contributed by atoms with van der Waals surface area (Å²) >= 11 is 1.41. The second-order valence-corrected chi connectivity index (χ2v) is 2.89. The van der Waals surface area contributed by atoms with E-state index in [-0.39, 0.29) is 0 Å². The molecule has 0 aliphatic heterocycles. The van der Waals surface area contributed by atoms with Gasteiger partial charge in [-0.05, 0) is 23.7 Å². The molecule has 56 valence electrons. The third kappa shape index (κ3) is 0.952. The molecule has 3 nitrogen and oxygen atoms in total. The molecule has 0 aromatic carbocycles. The quantitative estimate of drug-likeness (QED) is 0.699. The fourth-order valence-electron chi connectivity index (χ4n) is 0.962. The average Bonchev–Trinajstić information content (AvgIpc) is 2.47. The van der Waals surface area contributed by atoms with Gasteiger partial charge in [-0.2, -0.15) is 4.37 Å². The predicted molar refractivity (Wildman–Crippen MR) is 47.0 cm³/mol. The summed E-state index contributed by atoms with van der Waals surface area (Å²) in [5, 5.41) is 4.11. The normalized spacial score (nSPS) is 10.3. The van der Waals surface area contributed by atoms with E-state index in [4.69, 9.17) is 0 Å². The van der Waals surface area contributed by atoms with Gasteiger partial charge >= 0.3 is 0 Å². The number of pyridine rings is 1. The molecule has 0 saturated heterocycles. The minimum atomic E-state index is 0.915. The van der Waals surface area contributed by atoms with Gasteiger partial charge in [0.2, 0.25) is 0 Å². The highest BCUT2D eigenvalue weighted by Gasteiger charge is 2.02. The summed E-state index contributed by atoms with van der Waals surface area (Å²) in [5.74, 6) is 0.915. The van der Waals surface area contributed by atoms with E-state index in [0.717, 1.165) is 16.0 Å².